The van der Waals surface area contributed by atoms with Crippen molar-refractivity contribution in [3.8, 4) is 0 Å². The third-order valence-electron chi connectivity index (χ3n) is 3.23. The fourth-order valence-electron chi connectivity index (χ4n) is 2.34. The number of likely N-dealkylation sites (tertiary alicyclic amines) is 1. The molecule has 1 saturated heterocycles. The van der Waals surface area contributed by atoms with Crippen LogP contribution in [0.25, 0.3) is 0 Å². The Labute approximate surface area is 101 Å². The van der Waals surface area contributed by atoms with Gasteiger partial charge in [0.15, 0.2) is 5.69 Å². The number of nitrogen functional groups attached to an aromatic ring is 1. The SMILES string of the molecule is CC(C)C1CCCN1C(=O)c1ccc(N)nn1. The molecule has 0 bridgehead atoms. The van der Waals surface area contributed by atoms with Gasteiger partial charge in [0.25, 0.3) is 5.91 Å². The van der Waals surface area contributed by atoms with Crippen LogP contribution in [0.15, 0.2) is 12.1 Å². The molecule has 0 aromatic carbocycles. The zero-order valence-corrected chi connectivity index (χ0v) is 10.3. The maximum Gasteiger partial charge on any atom is 0.274 e. The average Bonchev–Trinajstić information content (AvgIpc) is 2.78. The van der Waals surface area contributed by atoms with E-state index < -0.39 is 0 Å². The summed E-state index contributed by atoms with van der Waals surface area (Å²) in [5, 5.41) is 7.57. The highest BCUT2D eigenvalue weighted by atomic mass is 16.2. The van der Waals surface area contributed by atoms with Crippen molar-refractivity contribution < 1.29 is 4.79 Å². The third kappa shape index (κ3) is 2.38. The van der Waals surface area contributed by atoms with Crippen LogP contribution in [0.2, 0.25) is 0 Å². The fraction of sp³-hybridized carbons (Fsp3) is 0.583. The quantitative estimate of drug-likeness (QED) is 0.837. The minimum Gasteiger partial charge on any atom is -0.382 e. The molecule has 0 spiro atoms. The molecular formula is C12H18N4O. The summed E-state index contributed by atoms with van der Waals surface area (Å²) < 4.78 is 0. The van der Waals surface area contributed by atoms with Crippen LogP contribution in [0, 0.1) is 5.92 Å². The van der Waals surface area contributed by atoms with Gasteiger partial charge >= 0.3 is 0 Å². The first kappa shape index (κ1) is 11.8. The number of aromatic nitrogens is 2. The highest BCUT2D eigenvalue weighted by molar-refractivity contribution is 5.92. The van der Waals surface area contributed by atoms with E-state index in [-0.39, 0.29) is 5.91 Å². The van der Waals surface area contributed by atoms with Crippen molar-refractivity contribution in [1.29, 1.82) is 0 Å². The van der Waals surface area contributed by atoms with Crippen LogP contribution < -0.4 is 5.73 Å². The van der Waals surface area contributed by atoms with E-state index in [2.05, 4.69) is 24.0 Å². The highest BCUT2D eigenvalue weighted by Crippen LogP contribution is 2.25. The Bertz CT molecular complexity index is 401. The Kier molecular flexibility index (Phi) is 3.26. The number of hydrogen-bond acceptors (Lipinski definition) is 4. The number of nitrogens with zero attached hydrogens (tertiary/aromatic N) is 3. The number of hydrogen-bond donors (Lipinski definition) is 1. The summed E-state index contributed by atoms with van der Waals surface area (Å²) in [6.07, 6.45) is 2.14. The monoisotopic (exact) mass is 234 g/mol. The lowest BCUT2D eigenvalue weighted by atomic mass is 10.0. The number of amides is 1. The Morgan fingerprint density at radius 1 is 1.47 bits per heavy atom. The van der Waals surface area contributed by atoms with E-state index in [0.29, 0.717) is 23.5 Å². The van der Waals surface area contributed by atoms with Crippen molar-refractivity contribution in [2.75, 3.05) is 12.3 Å². The number of nitrogens with two attached hydrogens (primary N) is 1. The second kappa shape index (κ2) is 4.69. The summed E-state index contributed by atoms with van der Waals surface area (Å²) in [4.78, 5) is 14.2. The predicted molar refractivity (Wildman–Crippen MR) is 65.3 cm³/mol. The van der Waals surface area contributed by atoms with Gasteiger partial charge in [-0.3, -0.25) is 4.79 Å². The minimum absolute atomic E-state index is 0.0336. The minimum atomic E-state index is -0.0336. The van der Waals surface area contributed by atoms with E-state index in [4.69, 9.17) is 5.73 Å². The number of rotatable bonds is 2. The molecule has 1 atom stereocenters. The smallest absolute Gasteiger partial charge is 0.274 e. The fourth-order valence-corrected chi connectivity index (χ4v) is 2.34. The second-order valence-corrected chi connectivity index (χ2v) is 4.80. The van der Waals surface area contributed by atoms with Crippen LogP contribution in [-0.4, -0.2) is 33.6 Å². The first-order chi connectivity index (χ1) is 8.09. The van der Waals surface area contributed by atoms with Gasteiger partial charge in [-0.25, -0.2) is 0 Å². The molecule has 1 aliphatic heterocycles. The van der Waals surface area contributed by atoms with E-state index in [1.54, 1.807) is 12.1 Å². The largest absolute Gasteiger partial charge is 0.382 e. The molecule has 1 fully saturated rings. The molecule has 0 aliphatic carbocycles. The van der Waals surface area contributed by atoms with Gasteiger partial charge in [0, 0.05) is 12.6 Å². The number of carbonyl (C=O) groups is 1. The van der Waals surface area contributed by atoms with Gasteiger partial charge in [0.2, 0.25) is 0 Å². The summed E-state index contributed by atoms with van der Waals surface area (Å²) in [7, 11) is 0. The van der Waals surface area contributed by atoms with E-state index in [1.165, 1.54) is 0 Å². The van der Waals surface area contributed by atoms with Crippen molar-refractivity contribution >= 4 is 11.7 Å². The van der Waals surface area contributed by atoms with Crippen molar-refractivity contribution in [2.24, 2.45) is 5.92 Å². The zero-order chi connectivity index (χ0) is 12.4. The van der Waals surface area contributed by atoms with Crippen molar-refractivity contribution in [3.63, 3.8) is 0 Å². The van der Waals surface area contributed by atoms with Crippen molar-refractivity contribution in [1.82, 2.24) is 15.1 Å². The van der Waals surface area contributed by atoms with Gasteiger partial charge in [-0.1, -0.05) is 13.8 Å². The van der Waals surface area contributed by atoms with Gasteiger partial charge in [-0.15, -0.1) is 10.2 Å². The molecule has 0 radical (unpaired) electrons. The molecule has 1 aromatic rings. The zero-order valence-electron chi connectivity index (χ0n) is 10.3. The second-order valence-electron chi connectivity index (χ2n) is 4.80. The molecule has 2 N–H and O–H groups in total. The van der Waals surface area contributed by atoms with Crippen LogP contribution in [0.1, 0.15) is 37.2 Å². The molecule has 0 saturated carbocycles. The van der Waals surface area contributed by atoms with Crippen LogP contribution >= 0.6 is 0 Å². The molecule has 92 valence electrons. The van der Waals surface area contributed by atoms with Gasteiger partial charge < -0.3 is 10.6 Å². The first-order valence-corrected chi connectivity index (χ1v) is 6.00. The predicted octanol–water partition coefficient (Wildman–Crippen LogP) is 1.32. The number of carbonyl (C=O) groups excluding carboxylic acids is 1. The lowest BCUT2D eigenvalue weighted by molar-refractivity contribution is 0.0694. The standard InChI is InChI=1S/C12H18N4O/c1-8(2)10-4-3-7-16(10)12(17)9-5-6-11(13)15-14-9/h5-6,8,10H,3-4,7H2,1-2H3,(H2,13,15). The molecule has 1 unspecified atom stereocenters. The topological polar surface area (TPSA) is 72.1 Å². The van der Waals surface area contributed by atoms with E-state index in [0.717, 1.165) is 19.4 Å². The van der Waals surface area contributed by atoms with Crippen molar-refractivity contribution in [2.45, 2.75) is 32.7 Å². The molecule has 2 heterocycles. The average molecular weight is 234 g/mol. The molecule has 5 heteroatoms. The molecular weight excluding hydrogens is 216 g/mol. The van der Waals surface area contributed by atoms with E-state index in [9.17, 15) is 4.79 Å². The Hall–Kier alpha value is -1.65. The van der Waals surface area contributed by atoms with Crippen LogP contribution in [0.3, 0.4) is 0 Å². The van der Waals surface area contributed by atoms with E-state index >= 15 is 0 Å². The van der Waals surface area contributed by atoms with Crippen LogP contribution in [0.5, 0.6) is 0 Å². The van der Waals surface area contributed by atoms with Gasteiger partial charge in [-0.2, -0.15) is 0 Å². The van der Waals surface area contributed by atoms with Crippen LogP contribution in [-0.2, 0) is 0 Å². The van der Waals surface area contributed by atoms with Crippen molar-refractivity contribution in [3.05, 3.63) is 17.8 Å². The Morgan fingerprint density at radius 3 is 2.82 bits per heavy atom. The molecule has 2 rings (SSSR count). The Balaban J connectivity index is 2.17. The van der Waals surface area contributed by atoms with Gasteiger partial charge in [0.1, 0.15) is 5.82 Å². The third-order valence-corrected chi connectivity index (χ3v) is 3.23. The molecule has 5 nitrogen and oxygen atoms in total. The summed E-state index contributed by atoms with van der Waals surface area (Å²) in [5.41, 5.74) is 5.84. The van der Waals surface area contributed by atoms with E-state index in [1.807, 2.05) is 4.90 Å². The lowest BCUT2D eigenvalue weighted by Gasteiger charge is -2.27. The Morgan fingerprint density at radius 2 is 2.24 bits per heavy atom. The summed E-state index contributed by atoms with van der Waals surface area (Å²) in [6, 6.07) is 3.57. The van der Waals surface area contributed by atoms with Gasteiger partial charge in [0.05, 0.1) is 0 Å². The summed E-state index contributed by atoms with van der Waals surface area (Å²) >= 11 is 0. The molecule has 17 heavy (non-hydrogen) atoms. The lowest BCUT2D eigenvalue weighted by Crippen LogP contribution is -2.39. The molecule has 1 aromatic heterocycles. The van der Waals surface area contributed by atoms with Gasteiger partial charge in [-0.05, 0) is 30.9 Å². The van der Waals surface area contributed by atoms with Crippen LogP contribution in [0.4, 0.5) is 5.82 Å². The summed E-state index contributed by atoms with van der Waals surface area (Å²) in [5.74, 6) is 0.778. The summed E-state index contributed by atoms with van der Waals surface area (Å²) in [6.45, 7) is 5.10. The maximum atomic E-state index is 12.3. The first-order valence-electron chi connectivity index (χ1n) is 6.00. The highest BCUT2D eigenvalue weighted by Gasteiger charge is 2.31. The molecule has 1 amide bonds. The molecule has 1 aliphatic rings. The maximum absolute atomic E-state index is 12.3. The normalized spacial score (nSPS) is 19.9. The number of anilines is 1.